The standard InChI is InChI=1S/C16H20N2O2/c19-14-7-5-13(6-8-14)17-10-12-9-11-3-1-2-4-15(11)18-16(12)20/h1-4,9,13-14,17,19H,5-8,10H2,(H,18,20). The number of para-hydroxylation sites is 1. The molecular weight excluding hydrogens is 252 g/mol. The molecule has 1 aromatic heterocycles. The first kappa shape index (κ1) is 13.3. The molecule has 1 aliphatic carbocycles. The Balaban J connectivity index is 1.71. The van der Waals surface area contributed by atoms with Crippen molar-refractivity contribution in [2.45, 2.75) is 44.4 Å². The van der Waals surface area contributed by atoms with Crippen LogP contribution in [-0.4, -0.2) is 22.2 Å². The van der Waals surface area contributed by atoms with Crippen molar-refractivity contribution >= 4 is 10.9 Å². The van der Waals surface area contributed by atoms with Crippen LogP contribution in [-0.2, 0) is 6.54 Å². The van der Waals surface area contributed by atoms with Gasteiger partial charge in [0.15, 0.2) is 0 Å². The van der Waals surface area contributed by atoms with E-state index in [2.05, 4.69) is 10.3 Å². The highest BCUT2D eigenvalue weighted by atomic mass is 16.3. The van der Waals surface area contributed by atoms with Gasteiger partial charge in [-0.05, 0) is 43.2 Å². The highest BCUT2D eigenvalue weighted by Gasteiger charge is 2.18. The van der Waals surface area contributed by atoms with Gasteiger partial charge in [0.1, 0.15) is 0 Å². The number of aromatic nitrogens is 1. The molecule has 4 nitrogen and oxygen atoms in total. The molecule has 4 heteroatoms. The SMILES string of the molecule is O=c1[nH]c2ccccc2cc1CNC1CCC(O)CC1. The zero-order valence-corrected chi connectivity index (χ0v) is 11.4. The number of rotatable bonds is 3. The van der Waals surface area contributed by atoms with E-state index in [1.54, 1.807) is 0 Å². The molecule has 1 aromatic carbocycles. The molecule has 0 saturated heterocycles. The topological polar surface area (TPSA) is 65.1 Å². The summed E-state index contributed by atoms with van der Waals surface area (Å²) in [4.78, 5) is 14.9. The molecule has 0 bridgehead atoms. The summed E-state index contributed by atoms with van der Waals surface area (Å²) in [6.45, 7) is 0.584. The second-order valence-corrected chi connectivity index (χ2v) is 5.60. The fraction of sp³-hybridized carbons (Fsp3) is 0.438. The number of aliphatic hydroxyl groups excluding tert-OH is 1. The van der Waals surface area contributed by atoms with E-state index in [-0.39, 0.29) is 11.7 Å². The van der Waals surface area contributed by atoms with Crippen molar-refractivity contribution in [1.29, 1.82) is 0 Å². The summed E-state index contributed by atoms with van der Waals surface area (Å²) < 4.78 is 0. The molecule has 0 radical (unpaired) electrons. The molecule has 2 aromatic rings. The van der Waals surface area contributed by atoms with E-state index in [1.165, 1.54) is 0 Å². The quantitative estimate of drug-likeness (QED) is 0.800. The van der Waals surface area contributed by atoms with Crippen molar-refractivity contribution in [2.24, 2.45) is 0 Å². The van der Waals surface area contributed by atoms with Crippen molar-refractivity contribution in [3.05, 3.63) is 46.2 Å². The van der Waals surface area contributed by atoms with Crippen LogP contribution in [0.4, 0.5) is 0 Å². The van der Waals surface area contributed by atoms with Crippen LogP contribution in [0.25, 0.3) is 10.9 Å². The molecule has 3 N–H and O–H groups in total. The summed E-state index contributed by atoms with van der Waals surface area (Å²) in [5.41, 5.74) is 1.63. The van der Waals surface area contributed by atoms with Gasteiger partial charge in [-0.15, -0.1) is 0 Å². The predicted molar refractivity (Wildman–Crippen MR) is 79.7 cm³/mol. The minimum absolute atomic E-state index is 0.0213. The summed E-state index contributed by atoms with van der Waals surface area (Å²) in [5, 5.41) is 14.0. The number of aliphatic hydroxyl groups is 1. The van der Waals surface area contributed by atoms with Crippen molar-refractivity contribution in [3.63, 3.8) is 0 Å². The van der Waals surface area contributed by atoms with Crippen LogP contribution in [0.5, 0.6) is 0 Å². The van der Waals surface area contributed by atoms with Gasteiger partial charge in [-0.1, -0.05) is 18.2 Å². The first-order valence-corrected chi connectivity index (χ1v) is 7.25. The number of fused-ring (bicyclic) bond motifs is 1. The summed E-state index contributed by atoms with van der Waals surface area (Å²) >= 11 is 0. The molecule has 20 heavy (non-hydrogen) atoms. The molecule has 0 unspecified atom stereocenters. The monoisotopic (exact) mass is 272 g/mol. The summed E-state index contributed by atoms with van der Waals surface area (Å²) in [6.07, 6.45) is 3.52. The largest absolute Gasteiger partial charge is 0.393 e. The zero-order valence-electron chi connectivity index (χ0n) is 11.4. The van der Waals surface area contributed by atoms with E-state index in [0.717, 1.165) is 42.1 Å². The highest BCUT2D eigenvalue weighted by Crippen LogP contribution is 2.18. The van der Waals surface area contributed by atoms with E-state index in [9.17, 15) is 9.90 Å². The van der Waals surface area contributed by atoms with Crippen molar-refractivity contribution in [2.75, 3.05) is 0 Å². The van der Waals surface area contributed by atoms with E-state index in [4.69, 9.17) is 0 Å². The van der Waals surface area contributed by atoms with Gasteiger partial charge in [0.05, 0.1) is 6.10 Å². The van der Waals surface area contributed by atoms with Gasteiger partial charge in [-0.3, -0.25) is 4.79 Å². The smallest absolute Gasteiger partial charge is 0.252 e. The molecular formula is C16H20N2O2. The lowest BCUT2D eigenvalue weighted by Gasteiger charge is -2.26. The van der Waals surface area contributed by atoms with Crippen LogP contribution < -0.4 is 10.9 Å². The third kappa shape index (κ3) is 2.92. The lowest BCUT2D eigenvalue weighted by atomic mass is 9.93. The van der Waals surface area contributed by atoms with E-state index in [0.29, 0.717) is 12.6 Å². The minimum atomic E-state index is -0.142. The van der Waals surface area contributed by atoms with Crippen LogP contribution in [0.15, 0.2) is 35.1 Å². The Morgan fingerprint density at radius 1 is 1.20 bits per heavy atom. The fourth-order valence-electron chi connectivity index (χ4n) is 2.86. The molecule has 0 spiro atoms. The van der Waals surface area contributed by atoms with Gasteiger partial charge in [0, 0.05) is 23.7 Å². The first-order valence-electron chi connectivity index (χ1n) is 7.25. The summed E-state index contributed by atoms with van der Waals surface area (Å²) in [6, 6.07) is 10.2. The Hall–Kier alpha value is -1.65. The molecule has 0 amide bonds. The van der Waals surface area contributed by atoms with Crippen LogP contribution >= 0.6 is 0 Å². The number of hydrogen-bond donors (Lipinski definition) is 3. The first-order chi connectivity index (χ1) is 9.72. The Morgan fingerprint density at radius 2 is 1.95 bits per heavy atom. The Kier molecular flexibility index (Phi) is 3.85. The van der Waals surface area contributed by atoms with Crippen LogP contribution in [0.3, 0.4) is 0 Å². The van der Waals surface area contributed by atoms with Gasteiger partial charge >= 0.3 is 0 Å². The number of pyridine rings is 1. The van der Waals surface area contributed by atoms with Crippen LogP contribution in [0, 0.1) is 0 Å². The number of hydrogen-bond acceptors (Lipinski definition) is 3. The maximum Gasteiger partial charge on any atom is 0.252 e. The lowest BCUT2D eigenvalue weighted by Crippen LogP contribution is -2.35. The molecule has 0 atom stereocenters. The van der Waals surface area contributed by atoms with Gasteiger partial charge in [-0.2, -0.15) is 0 Å². The van der Waals surface area contributed by atoms with E-state index in [1.807, 2.05) is 30.3 Å². The maximum absolute atomic E-state index is 12.0. The van der Waals surface area contributed by atoms with Crippen molar-refractivity contribution < 1.29 is 5.11 Å². The number of aromatic amines is 1. The third-order valence-electron chi connectivity index (χ3n) is 4.11. The van der Waals surface area contributed by atoms with Crippen LogP contribution in [0.1, 0.15) is 31.2 Å². The Labute approximate surface area is 117 Å². The average Bonchev–Trinajstić information content (AvgIpc) is 2.47. The Bertz CT molecular complexity index is 642. The maximum atomic E-state index is 12.0. The second kappa shape index (κ2) is 5.77. The number of nitrogens with one attached hydrogen (secondary N) is 2. The van der Waals surface area contributed by atoms with E-state index >= 15 is 0 Å². The van der Waals surface area contributed by atoms with Crippen molar-refractivity contribution in [3.8, 4) is 0 Å². The molecule has 106 valence electrons. The third-order valence-corrected chi connectivity index (χ3v) is 4.11. The van der Waals surface area contributed by atoms with Crippen molar-refractivity contribution in [1.82, 2.24) is 10.3 Å². The minimum Gasteiger partial charge on any atom is -0.393 e. The lowest BCUT2D eigenvalue weighted by molar-refractivity contribution is 0.116. The average molecular weight is 272 g/mol. The summed E-state index contributed by atoms with van der Waals surface area (Å²) in [7, 11) is 0. The molecule has 1 saturated carbocycles. The van der Waals surface area contributed by atoms with Gasteiger partial charge in [0.2, 0.25) is 0 Å². The predicted octanol–water partition coefficient (Wildman–Crippen LogP) is 1.92. The van der Waals surface area contributed by atoms with Crippen LogP contribution in [0.2, 0.25) is 0 Å². The highest BCUT2D eigenvalue weighted by molar-refractivity contribution is 5.78. The molecule has 1 heterocycles. The van der Waals surface area contributed by atoms with Gasteiger partial charge < -0.3 is 15.4 Å². The van der Waals surface area contributed by atoms with Gasteiger partial charge in [0.25, 0.3) is 5.56 Å². The fourth-order valence-corrected chi connectivity index (χ4v) is 2.86. The molecule has 3 rings (SSSR count). The molecule has 1 aliphatic rings. The number of benzene rings is 1. The molecule has 1 fully saturated rings. The Morgan fingerprint density at radius 3 is 2.75 bits per heavy atom. The normalized spacial score (nSPS) is 23.1. The van der Waals surface area contributed by atoms with Gasteiger partial charge in [-0.25, -0.2) is 0 Å². The number of H-pyrrole nitrogens is 1. The second-order valence-electron chi connectivity index (χ2n) is 5.60. The summed E-state index contributed by atoms with van der Waals surface area (Å²) in [5.74, 6) is 0. The molecule has 0 aliphatic heterocycles. The van der Waals surface area contributed by atoms with E-state index < -0.39 is 0 Å². The zero-order chi connectivity index (χ0) is 13.9.